The van der Waals surface area contributed by atoms with Gasteiger partial charge in [-0.3, -0.25) is 4.98 Å². The predicted molar refractivity (Wildman–Crippen MR) is 136 cm³/mol. The lowest BCUT2D eigenvalue weighted by atomic mass is 9.82. The van der Waals surface area contributed by atoms with Crippen molar-refractivity contribution in [3.05, 3.63) is 111 Å². The molecule has 0 aliphatic rings. The summed E-state index contributed by atoms with van der Waals surface area (Å²) in [6, 6.07) is 10.8. The van der Waals surface area contributed by atoms with E-state index < -0.39 is 23.3 Å². The van der Waals surface area contributed by atoms with E-state index >= 15 is 0 Å². The SMILES string of the molecule is Cc1cc(C(O)(c2ccc(C(F)(F)F)nc2)c2cncn2C)cc2c(Cl)c(-c3ccc(F)cc3)c(Cl)nc12. The molecule has 5 aromatic rings. The number of hydrogen-bond acceptors (Lipinski definition) is 4. The van der Waals surface area contributed by atoms with Crippen molar-refractivity contribution in [3.63, 3.8) is 0 Å². The van der Waals surface area contributed by atoms with Crippen LogP contribution in [-0.4, -0.2) is 24.6 Å². The Balaban J connectivity index is 1.78. The van der Waals surface area contributed by atoms with Crippen molar-refractivity contribution in [2.75, 3.05) is 0 Å². The molecule has 0 spiro atoms. The number of aliphatic hydroxyl groups is 1. The van der Waals surface area contributed by atoms with Gasteiger partial charge < -0.3 is 9.67 Å². The molecule has 194 valence electrons. The molecule has 1 unspecified atom stereocenters. The standard InChI is InChI=1S/C27H18Cl2F4N4O/c1-14-9-17(10-19-23(28)22(25(29)36-24(14)19)15-3-6-18(30)7-4-15)26(38,21-12-34-13-37(21)2)16-5-8-20(35-11-16)27(31,32)33/h3-13,38H,1-2H3. The number of benzene rings is 2. The van der Waals surface area contributed by atoms with E-state index in [1.165, 1.54) is 42.9 Å². The topological polar surface area (TPSA) is 63.8 Å². The van der Waals surface area contributed by atoms with Crippen LogP contribution in [0.4, 0.5) is 17.6 Å². The number of aromatic nitrogens is 4. The van der Waals surface area contributed by atoms with Crippen LogP contribution in [0.25, 0.3) is 22.0 Å². The Labute approximate surface area is 224 Å². The highest BCUT2D eigenvalue weighted by molar-refractivity contribution is 6.42. The first-order chi connectivity index (χ1) is 17.9. The Morgan fingerprint density at radius 2 is 1.66 bits per heavy atom. The number of alkyl halides is 3. The molecule has 1 atom stereocenters. The van der Waals surface area contributed by atoms with E-state index in [1.54, 1.807) is 30.7 Å². The predicted octanol–water partition coefficient (Wildman–Crippen LogP) is 7.09. The Morgan fingerprint density at radius 1 is 0.947 bits per heavy atom. The maximum atomic E-state index is 13.5. The van der Waals surface area contributed by atoms with E-state index in [9.17, 15) is 22.7 Å². The summed E-state index contributed by atoms with van der Waals surface area (Å²) in [6.45, 7) is 1.75. The summed E-state index contributed by atoms with van der Waals surface area (Å²) >= 11 is 13.3. The van der Waals surface area contributed by atoms with Crippen molar-refractivity contribution < 1.29 is 22.7 Å². The number of nitrogens with zero attached hydrogens (tertiary/aromatic N) is 4. The van der Waals surface area contributed by atoms with E-state index in [-0.39, 0.29) is 21.4 Å². The largest absolute Gasteiger partial charge is 0.433 e. The average Bonchev–Trinajstić information content (AvgIpc) is 3.31. The molecule has 0 bridgehead atoms. The van der Waals surface area contributed by atoms with E-state index in [2.05, 4.69) is 15.0 Å². The molecule has 0 fully saturated rings. The Morgan fingerprint density at radius 3 is 2.24 bits per heavy atom. The van der Waals surface area contributed by atoms with Crippen LogP contribution in [0.3, 0.4) is 0 Å². The lowest BCUT2D eigenvalue weighted by Gasteiger charge is -2.30. The third kappa shape index (κ3) is 4.30. The van der Waals surface area contributed by atoms with Crippen LogP contribution < -0.4 is 0 Å². The molecule has 11 heteroatoms. The molecule has 0 saturated heterocycles. The molecule has 3 heterocycles. The number of pyridine rings is 2. The summed E-state index contributed by atoms with van der Waals surface area (Å²) in [5, 5.41) is 13.0. The van der Waals surface area contributed by atoms with Crippen molar-refractivity contribution in [2.45, 2.75) is 18.7 Å². The summed E-state index contributed by atoms with van der Waals surface area (Å²) in [7, 11) is 1.65. The number of rotatable bonds is 4. The van der Waals surface area contributed by atoms with Gasteiger partial charge in [-0.15, -0.1) is 0 Å². The van der Waals surface area contributed by atoms with Crippen molar-refractivity contribution in [2.24, 2.45) is 7.05 Å². The van der Waals surface area contributed by atoms with Gasteiger partial charge in [-0.25, -0.2) is 14.4 Å². The van der Waals surface area contributed by atoms with Crippen LogP contribution in [0.15, 0.2) is 67.3 Å². The fraction of sp³-hybridized carbons (Fsp3) is 0.148. The van der Waals surface area contributed by atoms with Crippen LogP contribution >= 0.6 is 23.2 Å². The molecule has 0 aliphatic heterocycles. The number of imidazole rings is 1. The third-order valence-electron chi connectivity index (χ3n) is 6.38. The average molecular weight is 561 g/mol. The summed E-state index contributed by atoms with van der Waals surface area (Å²) < 4.78 is 54.7. The zero-order valence-corrected chi connectivity index (χ0v) is 21.4. The quantitative estimate of drug-likeness (QED) is 0.188. The molecule has 3 aromatic heterocycles. The molecule has 1 N–H and O–H groups in total. The molecule has 0 aliphatic carbocycles. The van der Waals surface area contributed by atoms with Crippen molar-refractivity contribution in [3.8, 4) is 11.1 Å². The normalized spacial score (nSPS) is 13.6. The summed E-state index contributed by atoms with van der Waals surface area (Å²) in [4.78, 5) is 12.1. The fourth-order valence-corrected chi connectivity index (χ4v) is 5.17. The summed E-state index contributed by atoms with van der Waals surface area (Å²) in [5.74, 6) is -0.431. The smallest absolute Gasteiger partial charge is 0.374 e. The summed E-state index contributed by atoms with van der Waals surface area (Å²) in [6.07, 6.45) is -0.769. The van der Waals surface area contributed by atoms with E-state index in [0.29, 0.717) is 33.2 Å². The minimum absolute atomic E-state index is 0.0876. The van der Waals surface area contributed by atoms with Crippen molar-refractivity contribution >= 4 is 34.1 Å². The Bertz CT molecular complexity index is 1670. The minimum Gasteiger partial charge on any atom is -0.374 e. The third-order valence-corrected chi connectivity index (χ3v) is 7.05. The maximum absolute atomic E-state index is 13.5. The second-order valence-corrected chi connectivity index (χ2v) is 9.55. The molecule has 0 amide bonds. The monoisotopic (exact) mass is 560 g/mol. The van der Waals surface area contributed by atoms with Crippen molar-refractivity contribution in [1.29, 1.82) is 0 Å². The molecule has 38 heavy (non-hydrogen) atoms. The first kappa shape index (κ1) is 26.1. The van der Waals surface area contributed by atoms with Crippen molar-refractivity contribution in [1.82, 2.24) is 19.5 Å². The van der Waals surface area contributed by atoms with Gasteiger partial charge in [0.2, 0.25) is 0 Å². The second kappa shape index (κ2) is 9.34. The lowest BCUT2D eigenvalue weighted by Crippen LogP contribution is -2.31. The van der Waals surface area contributed by atoms with Gasteiger partial charge in [0, 0.05) is 29.8 Å². The molecule has 0 saturated carbocycles. The van der Waals surface area contributed by atoms with Gasteiger partial charge in [0.25, 0.3) is 0 Å². The molecular weight excluding hydrogens is 543 g/mol. The Hall–Kier alpha value is -3.53. The maximum Gasteiger partial charge on any atom is 0.433 e. The van der Waals surface area contributed by atoms with Gasteiger partial charge in [0.05, 0.1) is 28.8 Å². The molecule has 2 aromatic carbocycles. The first-order valence-corrected chi connectivity index (χ1v) is 12.0. The highest BCUT2D eigenvalue weighted by atomic mass is 35.5. The highest BCUT2D eigenvalue weighted by Crippen LogP contribution is 2.43. The van der Waals surface area contributed by atoms with Crippen LogP contribution in [0, 0.1) is 12.7 Å². The molecular formula is C27H18Cl2F4N4O. The minimum atomic E-state index is -4.64. The second-order valence-electron chi connectivity index (χ2n) is 8.82. The van der Waals surface area contributed by atoms with Gasteiger partial charge in [0.1, 0.15) is 16.7 Å². The number of aryl methyl sites for hydroxylation is 2. The fourth-order valence-electron chi connectivity index (χ4n) is 4.49. The number of halogens is 6. The lowest BCUT2D eigenvalue weighted by molar-refractivity contribution is -0.141. The highest BCUT2D eigenvalue weighted by Gasteiger charge is 2.39. The summed E-state index contributed by atoms with van der Waals surface area (Å²) in [5.41, 5.74) is -0.400. The van der Waals surface area contributed by atoms with Crippen LogP contribution in [-0.2, 0) is 18.8 Å². The zero-order chi connectivity index (χ0) is 27.4. The van der Waals surface area contributed by atoms with E-state index in [1.807, 2.05) is 0 Å². The van der Waals surface area contributed by atoms with E-state index in [0.717, 1.165) is 12.3 Å². The number of fused-ring (bicyclic) bond motifs is 1. The van der Waals surface area contributed by atoms with Crippen LogP contribution in [0.5, 0.6) is 0 Å². The van der Waals surface area contributed by atoms with Gasteiger partial charge in [-0.1, -0.05) is 47.5 Å². The van der Waals surface area contributed by atoms with Gasteiger partial charge in [-0.2, -0.15) is 13.2 Å². The Kier molecular flexibility index (Phi) is 6.41. The van der Waals surface area contributed by atoms with Gasteiger partial charge in [-0.05, 0) is 47.9 Å². The van der Waals surface area contributed by atoms with Crippen LogP contribution in [0.2, 0.25) is 10.2 Å². The first-order valence-electron chi connectivity index (χ1n) is 11.2. The molecule has 5 nitrogen and oxygen atoms in total. The van der Waals surface area contributed by atoms with E-state index in [4.69, 9.17) is 23.2 Å². The molecule has 5 rings (SSSR count). The van der Waals surface area contributed by atoms with Gasteiger partial charge >= 0.3 is 6.18 Å². The zero-order valence-electron chi connectivity index (χ0n) is 19.9. The number of hydrogen-bond donors (Lipinski definition) is 1. The van der Waals surface area contributed by atoms with Gasteiger partial charge in [0.15, 0.2) is 5.60 Å². The molecule has 0 radical (unpaired) electrons. The van der Waals surface area contributed by atoms with Crippen LogP contribution in [0.1, 0.15) is 28.1 Å².